The Balaban J connectivity index is 1.62. The molecule has 0 radical (unpaired) electrons. The van der Waals surface area contributed by atoms with Crippen molar-refractivity contribution in [3.8, 4) is 0 Å². The summed E-state index contributed by atoms with van der Waals surface area (Å²) in [6.45, 7) is 1.90. The van der Waals surface area contributed by atoms with Gasteiger partial charge in [-0.25, -0.2) is 0 Å². The van der Waals surface area contributed by atoms with Gasteiger partial charge < -0.3 is 4.90 Å². The van der Waals surface area contributed by atoms with E-state index in [1.165, 1.54) is 44.9 Å². The molecule has 1 saturated carbocycles. The van der Waals surface area contributed by atoms with E-state index >= 15 is 0 Å². The number of hydrogen-bond donors (Lipinski definition) is 0. The third-order valence-corrected chi connectivity index (χ3v) is 6.34. The quantitative estimate of drug-likeness (QED) is 0.725. The molecule has 4 heteroatoms. The molecular weight excluding hydrogens is 322 g/mol. The highest BCUT2D eigenvalue weighted by atomic mass is 79.9. The van der Waals surface area contributed by atoms with E-state index < -0.39 is 0 Å². The van der Waals surface area contributed by atoms with Crippen LogP contribution in [0.5, 0.6) is 0 Å². The van der Waals surface area contributed by atoms with Crippen LogP contribution in [-0.4, -0.2) is 23.9 Å². The van der Waals surface area contributed by atoms with E-state index in [0.717, 1.165) is 22.4 Å². The molecule has 0 unspecified atom stereocenters. The first kappa shape index (κ1) is 13.6. The van der Waals surface area contributed by atoms with E-state index in [0.29, 0.717) is 5.41 Å². The highest BCUT2D eigenvalue weighted by Gasteiger charge is 2.36. The number of hydrogen-bond acceptors (Lipinski definition) is 2. The van der Waals surface area contributed by atoms with Crippen LogP contribution in [0.15, 0.2) is 15.2 Å². The molecule has 2 heterocycles. The number of halogens is 1. The summed E-state index contributed by atoms with van der Waals surface area (Å²) >= 11 is 5.02. The molecule has 0 N–H and O–H groups in total. The summed E-state index contributed by atoms with van der Waals surface area (Å²) in [4.78, 5) is 14.4. The molecule has 19 heavy (non-hydrogen) atoms. The lowest BCUT2D eigenvalue weighted by molar-refractivity contribution is 0.0472. The molecule has 1 aliphatic carbocycles. The van der Waals surface area contributed by atoms with E-state index in [9.17, 15) is 4.79 Å². The number of thiophene rings is 1. The van der Waals surface area contributed by atoms with Gasteiger partial charge in [0.15, 0.2) is 0 Å². The first-order valence-corrected chi connectivity index (χ1v) is 8.89. The van der Waals surface area contributed by atoms with Crippen molar-refractivity contribution in [2.45, 2.75) is 44.9 Å². The lowest BCUT2D eigenvalue weighted by Crippen LogP contribution is -2.43. The predicted molar refractivity (Wildman–Crippen MR) is 82.7 cm³/mol. The van der Waals surface area contributed by atoms with Gasteiger partial charge in [0.05, 0.1) is 9.35 Å². The Morgan fingerprint density at radius 1 is 1.16 bits per heavy atom. The van der Waals surface area contributed by atoms with Gasteiger partial charge in [-0.1, -0.05) is 19.3 Å². The monoisotopic (exact) mass is 341 g/mol. The van der Waals surface area contributed by atoms with Gasteiger partial charge in [-0.3, -0.25) is 4.79 Å². The SMILES string of the molecule is O=C(c1csc(Br)c1)N1CCC2(CCCCC2)CC1. The Bertz CT molecular complexity index is 454. The second kappa shape index (κ2) is 5.57. The summed E-state index contributed by atoms with van der Waals surface area (Å²) in [7, 11) is 0. The number of likely N-dealkylation sites (tertiary alicyclic amines) is 1. The number of carbonyl (C=O) groups excluding carboxylic acids is 1. The van der Waals surface area contributed by atoms with Crippen molar-refractivity contribution >= 4 is 33.2 Å². The molecular formula is C15H20BrNOS. The number of nitrogens with zero attached hydrogens (tertiary/aromatic N) is 1. The van der Waals surface area contributed by atoms with Crippen LogP contribution in [0.4, 0.5) is 0 Å². The van der Waals surface area contributed by atoms with E-state index in [2.05, 4.69) is 15.9 Å². The zero-order valence-corrected chi connectivity index (χ0v) is 13.6. The average molecular weight is 342 g/mol. The van der Waals surface area contributed by atoms with Crippen molar-refractivity contribution in [1.82, 2.24) is 4.90 Å². The molecule has 1 aromatic rings. The Kier molecular flexibility index (Phi) is 3.99. The smallest absolute Gasteiger partial charge is 0.254 e. The molecule has 2 aliphatic rings. The first-order valence-electron chi connectivity index (χ1n) is 7.22. The molecule has 3 rings (SSSR count). The molecule has 1 spiro atoms. The number of rotatable bonds is 1. The molecule has 0 bridgehead atoms. The van der Waals surface area contributed by atoms with Crippen molar-refractivity contribution in [2.75, 3.05) is 13.1 Å². The summed E-state index contributed by atoms with van der Waals surface area (Å²) in [6, 6.07) is 1.94. The minimum Gasteiger partial charge on any atom is -0.339 e. The summed E-state index contributed by atoms with van der Waals surface area (Å²) < 4.78 is 1.04. The standard InChI is InChI=1S/C15H20BrNOS/c16-13-10-12(11-19-13)14(18)17-8-6-15(7-9-17)4-2-1-3-5-15/h10-11H,1-9H2. The largest absolute Gasteiger partial charge is 0.339 e. The summed E-state index contributed by atoms with van der Waals surface area (Å²) in [6.07, 6.45) is 9.40. The second-order valence-electron chi connectivity index (χ2n) is 5.99. The van der Waals surface area contributed by atoms with Gasteiger partial charge in [-0.2, -0.15) is 0 Å². The third-order valence-electron chi connectivity index (χ3n) is 4.84. The van der Waals surface area contributed by atoms with Crippen LogP contribution in [0.2, 0.25) is 0 Å². The van der Waals surface area contributed by atoms with Gasteiger partial charge in [0.25, 0.3) is 5.91 Å². The van der Waals surface area contributed by atoms with E-state index in [1.807, 2.05) is 16.3 Å². The summed E-state index contributed by atoms with van der Waals surface area (Å²) in [5.41, 5.74) is 1.42. The van der Waals surface area contributed by atoms with Crippen LogP contribution in [0.1, 0.15) is 55.3 Å². The van der Waals surface area contributed by atoms with E-state index in [-0.39, 0.29) is 5.91 Å². The minimum atomic E-state index is 0.215. The second-order valence-corrected chi connectivity index (χ2v) is 8.28. The fraction of sp³-hybridized carbons (Fsp3) is 0.667. The third kappa shape index (κ3) is 2.89. The molecule has 0 atom stereocenters. The van der Waals surface area contributed by atoms with Crippen LogP contribution in [0, 0.1) is 5.41 Å². The number of carbonyl (C=O) groups is 1. The molecule has 1 amide bonds. The fourth-order valence-corrected chi connectivity index (χ4v) is 4.72. The van der Waals surface area contributed by atoms with Crippen LogP contribution >= 0.6 is 27.3 Å². The van der Waals surface area contributed by atoms with Gasteiger partial charge in [-0.15, -0.1) is 11.3 Å². The molecule has 1 aromatic heterocycles. The maximum atomic E-state index is 12.4. The fourth-order valence-electron chi connectivity index (χ4n) is 3.59. The van der Waals surface area contributed by atoms with Gasteiger partial charge in [0, 0.05) is 18.5 Å². The summed E-state index contributed by atoms with van der Waals surface area (Å²) in [5, 5.41) is 1.96. The van der Waals surface area contributed by atoms with Gasteiger partial charge in [0.2, 0.25) is 0 Å². The molecule has 104 valence electrons. The number of amides is 1. The van der Waals surface area contributed by atoms with Crippen molar-refractivity contribution in [2.24, 2.45) is 5.41 Å². The van der Waals surface area contributed by atoms with E-state index in [1.54, 1.807) is 11.3 Å². The van der Waals surface area contributed by atoms with Crippen molar-refractivity contribution in [3.63, 3.8) is 0 Å². The molecule has 2 fully saturated rings. The highest BCUT2D eigenvalue weighted by molar-refractivity contribution is 9.11. The lowest BCUT2D eigenvalue weighted by atomic mass is 9.68. The van der Waals surface area contributed by atoms with Crippen molar-refractivity contribution in [3.05, 3.63) is 20.8 Å². The molecule has 2 nitrogen and oxygen atoms in total. The maximum Gasteiger partial charge on any atom is 0.254 e. The molecule has 1 saturated heterocycles. The number of piperidine rings is 1. The van der Waals surface area contributed by atoms with Crippen LogP contribution in [-0.2, 0) is 0 Å². The predicted octanol–water partition coefficient (Wildman–Crippen LogP) is 4.70. The topological polar surface area (TPSA) is 20.3 Å². The van der Waals surface area contributed by atoms with Crippen LogP contribution < -0.4 is 0 Å². The highest BCUT2D eigenvalue weighted by Crippen LogP contribution is 2.44. The van der Waals surface area contributed by atoms with E-state index in [4.69, 9.17) is 0 Å². The first-order chi connectivity index (χ1) is 9.19. The van der Waals surface area contributed by atoms with Gasteiger partial charge in [0.1, 0.15) is 0 Å². The molecule has 1 aliphatic heterocycles. The maximum absolute atomic E-state index is 12.4. The van der Waals surface area contributed by atoms with Gasteiger partial charge in [-0.05, 0) is 53.1 Å². The van der Waals surface area contributed by atoms with Crippen molar-refractivity contribution < 1.29 is 4.79 Å². The van der Waals surface area contributed by atoms with Crippen LogP contribution in [0.25, 0.3) is 0 Å². The lowest BCUT2D eigenvalue weighted by Gasteiger charge is -2.44. The average Bonchev–Trinajstić information content (AvgIpc) is 2.87. The van der Waals surface area contributed by atoms with Gasteiger partial charge >= 0.3 is 0 Å². The van der Waals surface area contributed by atoms with Crippen molar-refractivity contribution in [1.29, 1.82) is 0 Å². The normalized spacial score (nSPS) is 22.7. The Morgan fingerprint density at radius 2 is 1.84 bits per heavy atom. The minimum absolute atomic E-state index is 0.215. The Hall–Kier alpha value is -0.350. The van der Waals surface area contributed by atoms with Crippen LogP contribution in [0.3, 0.4) is 0 Å². The molecule has 0 aromatic carbocycles. The Morgan fingerprint density at radius 3 is 2.42 bits per heavy atom. The Labute approximate surface area is 127 Å². The zero-order chi connectivity index (χ0) is 13.3. The zero-order valence-electron chi connectivity index (χ0n) is 11.2. The summed E-state index contributed by atoms with van der Waals surface area (Å²) in [5.74, 6) is 0.215.